The second-order valence-electron chi connectivity index (χ2n) is 6.19. The van der Waals surface area contributed by atoms with Crippen molar-refractivity contribution in [2.24, 2.45) is 0 Å². The zero-order chi connectivity index (χ0) is 19.1. The first-order valence-electron chi connectivity index (χ1n) is 8.94. The highest BCUT2D eigenvalue weighted by atomic mass is 16.5. The molecule has 0 fully saturated rings. The summed E-state index contributed by atoms with van der Waals surface area (Å²) in [7, 11) is 0. The molecule has 138 valence electrons. The van der Waals surface area contributed by atoms with Crippen LogP contribution in [0.3, 0.4) is 0 Å². The molecule has 2 aromatic carbocycles. The van der Waals surface area contributed by atoms with Crippen LogP contribution in [0.5, 0.6) is 5.75 Å². The van der Waals surface area contributed by atoms with Gasteiger partial charge in [0.15, 0.2) is 0 Å². The van der Waals surface area contributed by atoms with Crippen LogP contribution in [0.4, 0.5) is 11.4 Å². The van der Waals surface area contributed by atoms with Crippen molar-refractivity contribution in [2.75, 3.05) is 11.9 Å². The topological polar surface area (TPSA) is 63.2 Å². The summed E-state index contributed by atoms with van der Waals surface area (Å²) in [4.78, 5) is 16.5. The van der Waals surface area contributed by atoms with Crippen LogP contribution in [0.2, 0.25) is 0 Å². The van der Waals surface area contributed by atoms with Gasteiger partial charge in [0.1, 0.15) is 11.4 Å². The minimum Gasteiger partial charge on any atom is -0.494 e. The van der Waals surface area contributed by atoms with E-state index in [2.05, 4.69) is 21.7 Å². The Morgan fingerprint density at radius 1 is 1.04 bits per heavy atom. The van der Waals surface area contributed by atoms with Crippen molar-refractivity contribution < 1.29 is 9.53 Å². The summed E-state index contributed by atoms with van der Waals surface area (Å²) in [5, 5.41) is 6.15. The van der Waals surface area contributed by atoms with Crippen LogP contribution in [-0.4, -0.2) is 17.5 Å². The molecular formula is C22H23N3O2. The first kappa shape index (κ1) is 18.5. The Balaban J connectivity index is 1.56. The third kappa shape index (κ3) is 5.31. The number of anilines is 2. The molecule has 0 spiro atoms. The van der Waals surface area contributed by atoms with E-state index in [4.69, 9.17) is 4.74 Å². The lowest BCUT2D eigenvalue weighted by molar-refractivity contribution is 0.0946. The van der Waals surface area contributed by atoms with E-state index in [1.807, 2.05) is 62.4 Å². The highest BCUT2D eigenvalue weighted by molar-refractivity contribution is 5.92. The standard InChI is InChI=1S/C22H23N3O2/c1-3-27-20-10-7-18(8-11-20)25-19-9-12-21(23-15-19)22(26)24-14-17-6-4-5-16(2)13-17/h4-13,15,25H,3,14H2,1-2H3,(H,24,26). The number of nitrogens with one attached hydrogen (secondary N) is 2. The zero-order valence-corrected chi connectivity index (χ0v) is 15.5. The number of rotatable bonds is 7. The predicted molar refractivity (Wildman–Crippen MR) is 107 cm³/mol. The molecule has 0 atom stereocenters. The Labute approximate surface area is 159 Å². The first-order valence-corrected chi connectivity index (χ1v) is 8.94. The van der Waals surface area contributed by atoms with E-state index in [9.17, 15) is 4.79 Å². The Morgan fingerprint density at radius 2 is 1.81 bits per heavy atom. The van der Waals surface area contributed by atoms with Gasteiger partial charge in [-0.3, -0.25) is 4.79 Å². The molecule has 0 unspecified atom stereocenters. The van der Waals surface area contributed by atoms with Crippen LogP contribution in [-0.2, 0) is 6.54 Å². The van der Waals surface area contributed by atoms with Crippen molar-refractivity contribution in [2.45, 2.75) is 20.4 Å². The number of hydrogen-bond acceptors (Lipinski definition) is 4. The van der Waals surface area contributed by atoms with Gasteiger partial charge in [-0.1, -0.05) is 29.8 Å². The first-order chi connectivity index (χ1) is 13.1. The molecule has 0 saturated heterocycles. The molecule has 0 radical (unpaired) electrons. The zero-order valence-electron chi connectivity index (χ0n) is 15.5. The Hall–Kier alpha value is -3.34. The van der Waals surface area contributed by atoms with Crippen molar-refractivity contribution in [1.82, 2.24) is 10.3 Å². The van der Waals surface area contributed by atoms with Crippen LogP contribution >= 0.6 is 0 Å². The number of ether oxygens (including phenoxy) is 1. The molecule has 27 heavy (non-hydrogen) atoms. The fraction of sp³-hybridized carbons (Fsp3) is 0.182. The second kappa shape index (κ2) is 8.85. The van der Waals surface area contributed by atoms with E-state index >= 15 is 0 Å². The van der Waals surface area contributed by atoms with E-state index in [1.165, 1.54) is 5.56 Å². The predicted octanol–water partition coefficient (Wildman–Crippen LogP) is 4.46. The summed E-state index contributed by atoms with van der Waals surface area (Å²) in [6.45, 7) is 5.11. The maximum atomic E-state index is 12.3. The highest BCUT2D eigenvalue weighted by Crippen LogP contribution is 2.19. The van der Waals surface area contributed by atoms with Gasteiger partial charge in [0.25, 0.3) is 5.91 Å². The van der Waals surface area contributed by atoms with Gasteiger partial charge in [-0.15, -0.1) is 0 Å². The average molecular weight is 361 g/mol. The molecule has 3 aromatic rings. The smallest absolute Gasteiger partial charge is 0.270 e. The Kier molecular flexibility index (Phi) is 6.05. The second-order valence-corrected chi connectivity index (χ2v) is 6.19. The molecule has 1 aromatic heterocycles. The van der Waals surface area contributed by atoms with Gasteiger partial charge in [-0.2, -0.15) is 0 Å². The Morgan fingerprint density at radius 3 is 2.48 bits per heavy atom. The van der Waals surface area contributed by atoms with Gasteiger partial charge in [0, 0.05) is 12.2 Å². The van der Waals surface area contributed by atoms with Crippen molar-refractivity contribution in [1.29, 1.82) is 0 Å². The largest absolute Gasteiger partial charge is 0.494 e. The number of carbonyl (C=O) groups is 1. The van der Waals surface area contributed by atoms with Crippen LogP contribution < -0.4 is 15.4 Å². The summed E-state index contributed by atoms with van der Waals surface area (Å²) in [5.74, 6) is 0.644. The van der Waals surface area contributed by atoms with E-state index in [0.29, 0.717) is 18.8 Å². The van der Waals surface area contributed by atoms with Gasteiger partial charge in [0.05, 0.1) is 18.5 Å². The van der Waals surface area contributed by atoms with Crippen molar-refractivity contribution >= 4 is 17.3 Å². The summed E-state index contributed by atoms with van der Waals surface area (Å²) >= 11 is 0. The molecule has 0 saturated carbocycles. The molecule has 5 heteroatoms. The maximum absolute atomic E-state index is 12.3. The van der Waals surface area contributed by atoms with E-state index in [1.54, 1.807) is 12.3 Å². The van der Waals surface area contributed by atoms with Crippen LogP contribution in [0, 0.1) is 6.92 Å². The molecule has 1 amide bonds. The molecule has 0 aliphatic carbocycles. The number of carbonyl (C=O) groups excluding carboxylic acids is 1. The SMILES string of the molecule is CCOc1ccc(Nc2ccc(C(=O)NCc3cccc(C)c3)nc2)cc1. The number of aromatic nitrogens is 1. The van der Waals surface area contributed by atoms with Crippen molar-refractivity contribution in [3.05, 3.63) is 83.7 Å². The number of hydrogen-bond donors (Lipinski definition) is 2. The Bertz CT molecular complexity index is 890. The third-order valence-corrected chi connectivity index (χ3v) is 3.99. The van der Waals surface area contributed by atoms with E-state index in [-0.39, 0.29) is 5.91 Å². The summed E-state index contributed by atoms with van der Waals surface area (Å²) in [6, 6.07) is 19.3. The third-order valence-electron chi connectivity index (χ3n) is 3.99. The molecule has 5 nitrogen and oxygen atoms in total. The number of pyridine rings is 1. The quantitative estimate of drug-likeness (QED) is 0.652. The van der Waals surface area contributed by atoms with Crippen LogP contribution in [0.1, 0.15) is 28.5 Å². The summed E-state index contributed by atoms with van der Waals surface area (Å²) in [6.07, 6.45) is 1.65. The minimum absolute atomic E-state index is 0.191. The van der Waals surface area contributed by atoms with Crippen LogP contribution in [0.25, 0.3) is 0 Å². The molecule has 0 bridgehead atoms. The molecule has 0 aliphatic heterocycles. The van der Waals surface area contributed by atoms with Gasteiger partial charge in [-0.25, -0.2) is 4.98 Å². The number of nitrogens with zero attached hydrogens (tertiary/aromatic N) is 1. The van der Waals surface area contributed by atoms with Gasteiger partial charge in [0.2, 0.25) is 0 Å². The minimum atomic E-state index is -0.191. The number of benzene rings is 2. The van der Waals surface area contributed by atoms with Crippen LogP contribution in [0.15, 0.2) is 66.9 Å². The molecular weight excluding hydrogens is 338 g/mol. The lowest BCUT2D eigenvalue weighted by atomic mass is 10.1. The highest BCUT2D eigenvalue weighted by Gasteiger charge is 2.07. The summed E-state index contributed by atoms with van der Waals surface area (Å²) < 4.78 is 5.43. The van der Waals surface area contributed by atoms with E-state index in [0.717, 1.165) is 22.7 Å². The average Bonchev–Trinajstić information content (AvgIpc) is 2.68. The van der Waals surface area contributed by atoms with Gasteiger partial charge >= 0.3 is 0 Å². The summed E-state index contributed by atoms with van der Waals surface area (Å²) in [5.41, 5.74) is 4.37. The van der Waals surface area contributed by atoms with Crippen molar-refractivity contribution in [3.8, 4) is 5.75 Å². The number of amides is 1. The lowest BCUT2D eigenvalue weighted by Crippen LogP contribution is -2.23. The lowest BCUT2D eigenvalue weighted by Gasteiger charge is -2.09. The molecule has 3 rings (SSSR count). The van der Waals surface area contributed by atoms with Crippen molar-refractivity contribution in [3.63, 3.8) is 0 Å². The number of aryl methyl sites for hydroxylation is 1. The van der Waals surface area contributed by atoms with Gasteiger partial charge in [-0.05, 0) is 55.8 Å². The fourth-order valence-corrected chi connectivity index (χ4v) is 2.66. The normalized spacial score (nSPS) is 10.3. The van der Waals surface area contributed by atoms with E-state index < -0.39 is 0 Å². The fourth-order valence-electron chi connectivity index (χ4n) is 2.66. The molecule has 0 aliphatic rings. The monoisotopic (exact) mass is 361 g/mol. The molecule has 1 heterocycles. The van der Waals surface area contributed by atoms with Gasteiger partial charge < -0.3 is 15.4 Å². The molecule has 2 N–H and O–H groups in total. The maximum Gasteiger partial charge on any atom is 0.270 e.